The number of hydrogen-bond donors (Lipinski definition) is 0. The van der Waals surface area contributed by atoms with Gasteiger partial charge in [0.05, 0.1) is 10.6 Å². The van der Waals surface area contributed by atoms with Crippen LogP contribution < -0.4 is 0 Å². The maximum Gasteiger partial charge on any atom is 0.276 e. The van der Waals surface area contributed by atoms with Gasteiger partial charge in [-0.3, -0.25) is 4.79 Å². The molecule has 1 aliphatic heterocycles. The van der Waals surface area contributed by atoms with Crippen LogP contribution in [-0.2, 0) is 12.8 Å². The van der Waals surface area contributed by atoms with E-state index in [2.05, 4.69) is 11.2 Å². The molecule has 1 spiro atoms. The second-order valence-corrected chi connectivity index (χ2v) is 10.3. The second kappa shape index (κ2) is 8.76. The van der Waals surface area contributed by atoms with Gasteiger partial charge in [-0.2, -0.15) is 5.26 Å². The molecule has 2 atom stereocenters. The Balaban J connectivity index is 1.39. The molecule has 5 rings (SSSR count). The fourth-order valence-electron chi connectivity index (χ4n) is 5.78. The molecule has 8 heteroatoms. The summed E-state index contributed by atoms with van der Waals surface area (Å²) < 4.78 is 33.7. The van der Waals surface area contributed by atoms with Crippen molar-refractivity contribution in [3.8, 4) is 6.07 Å². The maximum atomic E-state index is 14.6. The predicted octanol–water partition coefficient (Wildman–Crippen LogP) is 5.88. The summed E-state index contributed by atoms with van der Waals surface area (Å²) in [6.07, 6.45) is 3.42. The molecule has 5 nitrogen and oxygen atoms in total. The summed E-state index contributed by atoms with van der Waals surface area (Å²) in [5.41, 5.74) is 1.60. The summed E-state index contributed by atoms with van der Waals surface area (Å²) in [7, 11) is 0. The molecule has 2 heterocycles. The summed E-state index contributed by atoms with van der Waals surface area (Å²) in [6, 6.07) is 12.6. The molecule has 0 unspecified atom stereocenters. The van der Waals surface area contributed by atoms with Gasteiger partial charge in [0.25, 0.3) is 5.91 Å². The quantitative estimate of drug-likeness (QED) is 0.428. The van der Waals surface area contributed by atoms with Gasteiger partial charge in [-0.1, -0.05) is 22.8 Å². The molecule has 180 valence electrons. The number of carbonyl (C=O) groups excluding carboxylic acids is 1. The summed E-state index contributed by atoms with van der Waals surface area (Å²) in [4.78, 5) is 14.8. The summed E-state index contributed by atoms with van der Waals surface area (Å²) in [5.74, 6) is -0.478. The van der Waals surface area contributed by atoms with Crippen molar-refractivity contribution in [3.05, 3.63) is 87.3 Å². The lowest BCUT2D eigenvalue weighted by Crippen LogP contribution is -2.30. The number of halogens is 3. The third kappa shape index (κ3) is 4.32. The highest BCUT2D eigenvalue weighted by atomic mass is 35.5. The smallest absolute Gasteiger partial charge is 0.276 e. The van der Waals surface area contributed by atoms with Gasteiger partial charge in [0.2, 0.25) is 0 Å². The zero-order valence-electron chi connectivity index (χ0n) is 19.3. The molecule has 1 aromatic heterocycles. The third-order valence-electron chi connectivity index (χ3n) is 7.75. The zero-order chi connectivity index (χ0) is 24.8. The monoisotopic (exact) mass is 495 g/mol. The number of amides is 1. The molecule has 0 N–H and O–H groups in total. The number of aryl methyl sites for hydroxylation is 2. The molecule has 0 bridgehead atoms. The Hall–Kier alpha value is -3.24. The van der Waals surface area contributed by atoms with E-state index in [0.717, 1.165) is 30.9 Å². The molecule has 1 saturated heterocycles. The van der Waals surface area contributed by atoms with Crippen LogP contribution in [0.1, 0.15) is 52.2 Å². The van der Waals surface area contributed by atoms with Crippen molar-refractivity contribution >= 4 is 17.5 Å². The van der Waals surface area contributed by atoms with Gasteiger partial charge in [0, 0.05) is 19.2 Å². The average Bonchev–Trinajstić information content (AvgIpc) is 3.13. The normalized spacial score (nSPS) is 23.0. The Morgan fingerprint density at radius 3 is 2.80 bits per heavy atom. The molecule has 1 amide bonds. The van der Waals surface area contributed by atoms with Crippen LogP contribution in [0, 0.1) is 40.7 Å². The number of aromatic nitrogens is 1. The first kappa shape index (κ1) is 23.5. The summed E-state index contributed by atoms with van der Waals surface area (Å²) in [6.45, 7) is 2.87. The minimum absolute atomic E-state index is 0.170. The van der Waals surface area contributed by atoms with Crippen molar-refractivity contribution in [2.75, 3.05) is 13.1 Å². The van der Waals surface area contributed by atoms with Crippen molar-refractivity contribution in [1.29, 1.82) is 5.26 Å². The summed E-state index contributed by atoms with van der Waals surface area (Å²) in [5, 5.41) is 13.4. The summed E-state index contributed by atoms with van der Waals surface area (Å²) >= 11 is 6.23. The third-order valence-corrected chi connectivity index (χ3v) is 8.06. The van der Waals surface area contributed by atoms with Gasteiger partial charge in [-0.25, -0.2) is 8.78 Å². The van der Waals surface area contributed by atoms with Crippen LogP contribution >= 0.6 is 11.6 Å². The van der Waals surface area contributed by atoms with Crippen LogP contribution in [0.3, 0.4) is 0 Å². The van der Waals surface area contributed by atoms with Gasteiger partial charge in [0.15, 0.2) is 5.69 Å². The van der Waals surface area contributed by atoms with Crippen molar-refractivity contribution in [2.24, 2.45) is 10.8 Å². The first-order valence-electron chi connectivity index (χ1n) is 11.6. The Labute approximate surface area is 207 Å². The van der Waals surface area contributed by atoms with Crippen molar-refractivity contribution in [3.63, 3.8) is 0 Å². The molecule has 3 aromatic rings. The van der Waals surface area contributed by atoms with Crippen LogP contribution in [0.2, 0.25) is 5.02 Å². The molecule has 2 aliphatic rings. The molecule has 1 saturated carbocycles. The minimum Gasteiger partial charge on any atom is -0.361 e. The van der Waals surface area contributed by atoms with E-state index in [4.69, 9.17) is 21.4 Å². The lowest BCUT2D eigenvalue weighted by Gasteiger charge is -2.24. The first-order chi connectivity index (χ1) is 16.7. The molecule has 2 fully saturated rings. The number of nitrogens with zero attached hydrogens (tertiary/aromatic N) is 3. The highest BCUT2D eigenvalue weighted by molar-refractivity contribution is 6.31. The Kier molecular flexibility index (Phi) is 5.88. The van der Waals surface area contributed by atoms with E-state index in [-0.39, 0.29) is 22.4 Å². The molecule has 2 aromatic carbocycles. The predicted molar refractivity (Wildman–Crippen MR) is 126 cm³/mol. The van der Waals surface area contributed by atoms with Crippen LogP contribution in [0.5, 0.6) is 0 Å². The molecule has 0 radical (unpaired) electrons. The van der Waals surface area contributed by atoms with E-state index >= 15 is 0 Å². The first-order valence-corrected chi connectivity index (χ1v) is 12.0. The van der Waals surface area contributed by atoms with E-state index in [1.54, 1.807) is 30.0 Å². The number of likely N-dealkylation sites (tertiary alicyclic amines) is 1. The Bertz CT molecular complexity index is 1350. The number of hydrogen-bond acceptors (Lipinski definition) is 4. The van der Waals surface area contributed by atoms with Crippen molar-refractivity contribution in [2.45, 2.75) is 39.0 Å². The van der Waals surface area contributed by atoms with Gasteiger partial charge < -0.3 is 9.42 Å². The fourth-order valence-corrected chi connectivity index (χ4v) is 6.02. The number of rotatable bonds is 6. The maximum absolute atomic E-state index is 14.6. The second-order valence-electron chi connectivity index (χ2n) is 9.88. The van der Waals surface area contributed by atoms with Crippen LogP contribution in [0.25, 0.3) is 0 Å². The van der Waals surface area contributed by atoms with Crippen molar-refractivity contribution in [1.82, 2.24) is 10.1 Å². The zero-order valence-corrected chi connectivity index (χ0v) is 20.0. The lowest BCUT2D eigenvalue weighted by molar-refractivity contribution is 0.0770. The van der Waals surface area contributed by atoms with E-state index in [1.165, 1.54) is 12.1 Å². The standard InChI is InChI=1S/C27H24ClF2N3O2/c1-17-10-24(32-35-17)25(34)33-9-8-27(16-33)15-26(27,13-20-12-21(29)4-5-23(20)30)7-6-18-2-3-19(14-31)22(28)11-18/h2-5,10-12H,6-9,13,15-16H2,1H3/t26-,27+/m1/s1. The average molecular weight is 496 g/mol. The fraction of sp³-hybridized carbons (Fsp3) is 0.370. The number of carbonyl (C=O) groups is 1. The highest BCUT2D eigenvalue weighted by Gasteiger charge is 2.68. The molecule has 35 heavy (non-hydrogen) atoms. The number of benzene rings is 2. The van der Waals surface area contributed by atoms with Gasteiger partial charge in [0.1, 0.15) is 23.5 Å². The van der Waals surface area contributed by atoms with Crippen LogP contribution in [0.15, 0.2) is 47.0 Å². The van der Waals surface area contributed by atoms with Crippen LogP contribution in [-0.4, -0.2) is 29.1 Å². The van der Waals surface area contributed by atoms with Gasteiger partial charge >= 0.3 is 0 Å². The molecular weight excluding hydrogens is 472 g/mol. The van der Waals surface area contributed by atoms with Crippen LogP contribution in [0.4, 0.5) is 8.78 Å². The molecule has 1 aliphatic carbocycles. The van der Waals surface area contributed by atoms with Gasteiger partial charge in [-0.05, 0) is 91.3 Å². The minimum atomic E-state index is -0.463. The Morgan fingerprint density at radius 1 is 1.26 bits per heavy atom. The van der Waals surface area contributed by atoms with E-state index in [9.17, 15) is 13.6 Å². The van der Waals surface area contributed by atoms with E-state index in [0.29, 0.717) is 47.8 Å². The Morgan fingerprint density at radius 2 is 2.09 bits per heavy atom. The number of nitriles is 1. The van der Waals surface area contributed by atoms with Crippen molar-refractivity contribution < 1.29 is 18.1 Å². The highest BCUT2D eigenvalue weighted by Crippen LogP contribution is 2.71. The lowest BCUT2D eigenvalue weighted by atomic mass is 9.81. The van der Waals surface area contributed by atoms with E-state index in [1.807, 2.05) is 6.07 Å². The topological polar surface area (TPSA) is 70.1 Å². The molecular formula is C27H24ClF2N3O2. The van der Waals surface area contributed by atoms with Gasteiger partial charge in [-0.15, -0.1) is 0 Å². The largest absolute Gasteiger partial charge is 0.361 e. The SMILES string of the molecule is Cc1cc(C(=O)N2CC[C@@]3(C2)C[C@@]3(CCc2ccc(C#N)c(Cl)c2)Cc2cc(F)ccc2F)no1. The van der Waals surface area contributed by atoms with E-state index < -0.39 is 11.6 Å².